The molecule has 26 heavy (non-hydrogen) atoms. The lowest BCUT2D eigenvalue weighted by Gasteiger charge is -2.34. The molecule has 2 aromatic carbocycles. The van der Waals surface area contributed by atoms with E-state index < -0.39 is 0 Å². The second kappa shape index (κ2) is 7.65. The minimum atomic E-state index is -0.299. The average Bonchev–Trinajstić information content (AvgIpc) is 2.68. The highest BCUT2D eigenvalue weighted by Crippen LogP contribution is 2.30. The van der Waals surface area contributed by atoms with Gasteiger partial charge in [0.2, 0.25) is 0 Å². The Kier molecular flexibility index (Phi) is 5.32. The van der Waals surface area contributed by atoms with Gasteiger partial charge in [-0.05, 0) is 43.0 Å². The van der Waals surface area contributed by atoms with Gasteiger partial charge in [0, 0.05) is 25.2 Å². The maximum absolute atomic E-state index is 12.4. The number of nitrogens with zero attached hydrogens (tertiary/aromatic N) is 2. The molecule has 5 heteroatoms. The largest absolute Gasteiger partial charge is 0.496 e. The van der Waals surface area contributed by atoms with Crippen LogP contribution >= 0.6 is 0 Å². The third-order valence-electron chi connectivity index (χ3n) is 5.29. The number of hydrogen-bond donors (Lipinski definition) is 1. The summed E-state index contributed by atoms with van der Waals surface area (Å²) in [4.78, 5) is 14.2. The molecule has 3 rings (SSSR count). The Bertz CT molecular complexity index is 833. The molecule has 5 nitrogen and oxygen atoms in total. The first kappa shape index (κ1) is 18.1. The van der Waals surface area contributed by atoms with Crippen LogP contribution in [0.3, 0.4) is 0 Å². The van der Waals surface area contributed by atoms with E-state index >= 15 is 0 Å². The molecular weight excluding hydrogens is 326 g/mol. The first-order valence-corrected chi connectivity index (χ1v) is 9.05. The number of piperidine rings is 1. The van der Waals surface area contributed by atoms with Gasteiger partial charge < -0.3 is 15.0 Å². The lowest BCUT2D eigenvalue weighted by atomic mass is 9.82. The number of nitriles is 1. The number of benzene rings is 2. The molecule has 1 fully saturated rings. The molecule has 0 unspecified atom stereocenters. The van der Waals surface area contributed by atoms with Gasteiger partial charge in [0.05, 0.1) is 18.6 Å². The van der Waals surface area contributed by atoms with E-state index in [4.69, 9.17) is 4.74 Å². The van der Waals surface area contributed by atoms with Crippen LogP contribution in [0.1, 0.15) is 25.3 Å². The molecule has 0 bridgehead atoms. The number of likely N-dealkylation sites (tertiary alicyclic amines) is 1. The lowest BCUT2D eigenvalue weighted by molar-refractivity contribution is 0.156. The number of rotatable bonds is 4. The van der Waals surface area contributed by atoms with E-state index in [9.17, 15) is 10.1 Å². The Morgan fingerprint density at radius 1 is 1.27 bits per heavy atom. The summed E-state index contributed by atoms with van der Waals surface area (Å²) < 4.78 is 5.51. The van der Waals surface area contributed by atoms with Gasteiger partial charge in [-0.2, -0.15) is 5.26 Å². The van der Waals surface area contributed by atoms with Crippen LogP contribution < -0.4 is 10.1 Å². The Morgan fingerprint density at radius 2 is 2.00 bits per heavy atom. The Hall–Kier alpha value is -2.74. The predicted octanol–water partition coefficient (Wildman–Crippen LogP) is 3.73. The van der Waals surface area contributed by atoms with Crippen molar-refractivity contribution in [1.29, 1.82) is 5.26 Å². The van der Waals surface area contributed by atoms with Crippen molar-refractivity contribution in [2.75, 3.05) is 26.7 Å². The number of ether oxygens (including phenoxy) is 1. The van der Waals surface area contributed by atoms with Crippen LogP contribution in [-0.2, 0) is 6.42 Å². The smallest absolute Gasteiger partial charge is 0.317 e. The van der Waals surface area contributed by atoms with Gasteiger partial charge in [-0.1, -0.05) is 30.3 Å². The third-order valence-corrected chi connectivity index (χ3v) is 5.29. The average molecular weight is 351 g/mol. The van der Waals surface area contributed by atoms with Crippen molar-refractivity contribution in [3.63, 3.8) is 0 Å². The molecule has 0 spiro atoms. The topological polar surface area (TPSA) is 65.4 Å². The van der Waals surface area contributed by atoms with Crippen LogP contribution in [0.15, 0.2) is 36.4 Å². The molecule has 0 aliphatic carbocycles. The zero-order chi connectivity index (χ0) is 18.6. The molecule has 1 saturated heterocycles. The van der Waals surface area contributed by atoms with E-state index in [-0.39, 0.29) is 11.4 Å². The van der Waals surface area contributed by atoms with E-state index in [1.807, 2.05) is 25.1 Å². The highest BCUT2D eigenvalue weighted by atomic mass is 16.5. The summed E-state index contributed by atoms with van der Waals surface area (Å²) in [5.74, 6) is 0.848. The van der Waals surface area contributed by atoms with Gasteiger partial charge >= 0.3 is 6.03 Å². The predicted molar refractivity (Wildman–Crippen MR) is 102 cm³/mol. The van der Waals surface area contributed by atoms with Crippen molar-refractivity contribution in [3.05, 3.63) is 42.0 Å². The SMILES string of the molecule is COc1ccc2ccccc2c1CCNC(=O)N1CCC(C)(C#N)CC1. The summed E-state index contributed by atoms with van der Waals surface area (Å²) in [5, 5.41) is 14.5. The van der Waals surface area contributed by atoms with Crippen molar-refractivity contribution in [2.45, 2.75) is 26.2 Å². The van der Waals surface area contributed by atoms with Crippen molar-refractivity contribution in [1.82, 2.24) is 10.2 Å². The summed E-state index contributed by atoms with van der Waals surface area (Å²) in [6.45, 7) is 3.78. The molecule has 0 aromatic heterocycles. The maximum Gasteiger partial charge on any atom is 0.317 e. The van der Waals surface area contributed by atoms with Crippen molar-refractivity contribution < 1.29 is 9.53 Å². The Balaban J connectivity index is 1.61. The van der Waals surface area contributed by atoms with Gasteiger partial charge in [0.1, 0.15) is 5.75 Å². The van der Waals surface area contributed by atoms with E-state index in [2.05, 4.69) is 29.6 Å². The van der Waals surface area contributed by atoms with Crippen molar-refractivity contribution >= 4 is 16.8 Å². The summed E-state index contributed by atoms with van der Waals surface area (Å²) in [5.41, 5.74) is 0.814. The quantitative estimate of drug-likeness (QED) is 0.913. The molecule has 1 aliphatic rings. The van der Waals surface area contributed by atoms with Crippen LogP contribution in [0.4, 0.5) is 4.79 Å². The standard InChI is InChI=1S/C21H25N3O2/c1-21(15-22)10-13-24(14-11-21)20(25)23-12-9-18-17-6-4-3-5-16(17)7-8-19(18)26-2/h3-8H,9-14H2,1-2H3,(H,23,25). The second-order valence-corrected chi connectivity index (χ2v) is 7.11. The minimum absolute atomic E-state index is 0.0517. The highest BCUT2D eigenvalue weighted by Gasteiger charge is 2.31. The first-order valence-electron chi connectivity index (χ1n) is 9.05. The van der Waals surface area contributed by atoms with Crippen LogP contribution in [0, 0.1) is 16.7 Å². The normalized spacial score (nSPS) is 16.1. The molecule has 2 aromatic rings. The number of urea groups is 1. The van der Waals surface area contributed by atoms with Crippen molar-refractivity contribution in [2.24, 2.45) is 5.41 Å². The zero-order valence-corrected chi connectivity index (χ0v) is 15.4. The van der Waals surface area contributed by atoms with Gasteiger partial charge in [-0.15, -0.1) is 0 Å². The fourth-order valence-electron chi connectivity index (χ4n) is 3.49. The van der Waals surface area contributed by atoms with E-state index in [0.29, 0.717) is 26.1 Å². The van der Waals surface area contributed by atoms with Crippen LogP contribution in [0.5, 0.6) is 5.75 Å². The number of carbonyl (C=O) groups is 1. The molecule has 1 aliphatic heterocycles. The van der Waals surface area contributed by atoms with E-state index in [1.165, 1.54) is 5.39 Å². The summed E-state index contributed by atoms with van der Waals surface area (Å²) >= 11 is 0. The number of hydrogen-bond acceptors (Lipinski definition) is 3. The Morgan fingerprint density at radius 3 is 2.69 bits per heavy atom. The molecule has 1 heterocycles. The molecule has 0 radical (unpaired) electrons. The Labute approximate surface area is 154 Å². The van der Waals surface area contributed by atoms with E-state index in [1.54, 1.807) is 12.0 Å². The van der Waals surface area contributed by atoms with Gasteiger partial charge in [-0.3, -0.25) is 0 Å². The number of nitrogens with one attached hydrogen (secondary N) is 1. The molecular formula is C21H25N3O2. The number of amides is 2. The fraction of sp³-hybridized carbons (Fsp3) is 0.429. The summed E-state index contributed by atoms with van der Waals surface area (Å²) in [7, 11) is 1.67. The van der Waals surface area contributed by atoms with Crippen molar-refractivity contribution in [3.8, 4) is 11.8 Å². The van der Waals surface area contributed by atoms with Crippen LogP contribution in [-0.4, -0.2) is 37.7 Å². The number of carbonyl (C=O) groups excluding carboxylic acids is 1. The molecule has 0 saturated carbocycles. The number of methoxy groups -OCH3 is 1. The fourth-order valence-corrected chi connectivity index (χ4v) is 3.49. The van der Waals surface area contributed by atoms with E-state index in [0.717, 1.165) is 29.5 Å². The summed E-state index contributed by atoms with van der Waals surface area (Å²) in [6.07, 6.45) is 2.17. The molecule has 136 valence electrons. The molecule has 0 atom stereocenters. The lowest BCUT2D eigenvalue weighted by Crippen LogP contribution is -2.46. The maximum atomic E-state index is 12.4. The van der Waals surface area contributed by atoms with Crippen LogP contribution in [0.2, 0.25) is 0 Å². The zero-order valence-electron chi connectivity index (χ0n) is 15.4. The summed E-state index contributed by atoms with van der Waals surface area (Å²) in [6, 6.07) is 14.5. The number of fused-ring (bicyclic) bond motifs is 1. The molecule has 2 amide bonds. The minimum Gasteiger partial charge on any atom is -0.496 e. The van der Waals surface area contributed by atoms with Gasteiger partial charge in [0.25, 0.3) is 0 Å². The first-order chi connectivity index (χ1) is 12.6. The van der Waals surface area contributed by atoms with Gasteiger partial charge in [0.15, 0.2) is 0 Å². The van der Waals surface area contributed by atoms with Gasteiger partial charge in [-0.25, -0.2) is 4.79 Å². The highest BCUT2D eigenvalue weighted by molar-refractivity contribution is 5.87. The third kappa shape index (κ3) is 3.75. The second-order valence-electron chi connectivity index (χ2n) is 7.11. The molecule has 1 N–H and O–H groups in total. The van der Waals surface area contributed by atoms with Crippen LogP contribution in [0.25, 0.3) is 10.8 Å². The monoisotopic (exact) mass is 351 g/mol.